The summed E-state index contributed by atoms with van der Waals surface area (Å²) in [5.74, 6) is -0.300. The minimum atomic E-state index is -0.333. The smallest absolute Gasteiger partial charge is 0.242 e. The summed E-state index contributed by atoms with van der Waals surface area (Å²) < 4.78 is 13.4. The summed E-state index contributed by atoms with van der Waals surface area (Å²) in [5.41, 5.74) is 6.91. The van der Waals surface area contributed by atoms with Crippen LogP contribution in [0.5, 0.6) is 0 Å². The van der Waals surface area contributed by atoms with Gasteiger partial charge in [0, 0.05) is 32.4 Å². The number of hydrogen-bond acceptors (Lipinski definition) is 3. The summed E-state index contributed by atoms with van der Waals surface area (Å²) in [4.78, 5) is 15.5. The quantitative estimate of drug-likeness (QED) is 0.851. The van der Waals surface area contributed by atoms with Crippen molar-refractivity contribution in [2.75, 3.05) is 31.6 Å². The fraction of sp³-hybridized carbons (Fsp3) is 0.500. The van der Waals surface area contributed by atoms with Crippen LogP contribution in [0.2, 0.25) is 0 Å². The topological polar surface area (TPSA) is 49.6 Å². The van der Waals surface area contributed by atoms with Crippen molar-refractivity contribution in [1.29, 1.82) is 0 Å². The number of carbonyl (C=O) groups excluding carboxylic acids is 1. The first-order chi connectivity index (χ1) is 9.01. The fourth-order valence-corrected chi connectivity index (χ4v) is 1.94. The lowest BCUT2D eigenvalue weighted by atomic mass is 10.2. The van der Waals surface area contributed by atoms with Gasteiger partial charge >= 0.3 is 0 Å². The van der Waals surface area contributed by atoms with Crippen LogP contribution in [0, 0.1) is 5.82 Å². The normalized spacial score (nSPS) is 10.4. The molecular weight excluding hydrogens is 245 g/mol. The van der Waals surface area contributed by atoms with E-state index in [0.717, 1.165) is 5.56 Å². The Labute approximate surface area is 114 Å². The molecule has 0 atom stereocenters. The Balaban J connectivity index is 2.80. The summed E-state index contributed by atoms with van der Waals surface area (Å²) in [6, 6.07) is 4.62. The van der Waals surface area contributed by atoms with E-state index >= 15 is 0 Å². The van der Waals surface area contributed by atoms with E-state index in [0.29, 0.717) is 18.8 Å². The largest absolute Gasteiger partial charge is 0.365 e. The van der Waals surface area contributed by atoms with Crippen LogP contribution in [0.1, 0.15) is 19.4 Å². The molecule has 0 radical (unpaired) electrons. The Hall–Kier alpha value is -1.62. The molecule has 0 bridgehead atoms. The summed E-state index contributed by atoms with van der Waals surface area (Å²) in [7, 11) is 1.77. The molecule has 4 nitrogen and oxygen atoms in total. The van der Waals surface area contributed by atoms with E-state index in [1.54, 1.807) is 22.9 Å². The standard InChI is InChI=1S/C14H22FN3O/c1-4-18(5-2)14(19)10-17(3)13-7-11(9-16)6-12(15)8-13/h6-8H,4-5,9-10,16H2,1-3H3. The van der Waals surface area contributed by atoms with Crippen LogP contribution in [0.25, 0.3) is 0 Å². The number of nitrogens with two attached hydrogens (primary N) is 1. The van der Waals surface area contributed by atoms with Crippen LogP contribution >= 0.6 is 0 Å². The number of halogens is 1. The Morgan fingerprint density at radius 3 is 2.42 bits per heavy atom. The average molecular weight is 267 g/mol. The van der Waals surface area contributed by atoms with Crippen molar-refractivity contribution in [3.8, 4) is 0 Å². The van der Waals surface area contributed by atoms with E-state index in [2.05, 4.69) is 0 Å². The zero-order chi connectivity index (χ0) is 14.4. The maximum Gasteiger partial charge on any atom is 0.242 e. The van der Waals surface area contributed by atoms with Crippen molar-refractivity contribution >= 4 is 11.6 Å². The molecule has 0 aromatic heterocycles. The van der Waals surface area contributed by atoms with Crippen molar-refractivity contribution in [3.05, 3.63) is 29.6 Å². The van der Waals surface area contributed by atoms with Gasteiger partial charge in [-0.15, -0.1) is 0 Å². The van der Waals surface area contributed by atoms with Crippen LogP contribution < -0.4 is 10.6 Å². The highest BCUT2D eigenvalue weighted by Gasteiger charge is 2.13. The first-order valence-corrected chi connectivity index (χ1v) is 6.50. The molecule has 0 unspecified atom stereocenters. The molecule has 1 aromatic carbocycles. The molecule has 5 heteroatoms. The third kappa shape index (κ3) is 4.21. The number of anilines is 1. The first kappa shape index (κ1) is 15.4. The molecule has 0 saturated heterocycles. The second-order valence-corrected chi connectivity index (χ2v) is 4.44. The van der Waals surface area contributed by atoms with Gasteiger partial charge in [0.25, 0.3) is 0 Å². The molecule has 0 aliphatic rings. The minimum absolute atomic E-state index is 0.0334. The molecule has 0 fully saturated rings. The van der Waals surface area contributed by atoms with Gasteiger partial charge in [-0.25, -0.2) is 4.39 Å². The molecule has 0 aliphatic carbocycles. The van der Waals surface area contributed by atoms with Crippen molar-refractivity contribution in [2.45, 2.75) is 20.4 Å². The second-order valence-electron chi connectivity index (χ2n) is 4.44. The van der Waals surface area contributed by atoms with Crippen LogP contribution in [-0.4, -0.2) is 37.5 Å². The van der Waals surface area contributed by atoms with E-state index in [9.17, 15) is 9.18 Å². The predicted octanol–water partition coefficient (Wildman–Crippen LogP) is 1.59. The van der Waals surface area contributed by atoms with E-state index in [4.69, 9.17) is 5.73 Å². The van der Waals surface area contributed by atoms with Gasteiger partial charge in [0.15, 0.2) is 0 Å². The number of amides is 1. The third-order valence-electron chi connectivity index (χ3n) is 3.11. The van der Waals surface area contributed by atoms with Gasteiger partial charge < -0.3 is 15.5 Å². The number of carbonyl (C=O) groups is 1. The Morgan fingerprint density at radius 1 is 1.26 bits per heavy atom. The number of nitrogens with zero attached hydrogens (tertiary/aromatic N) is 2. The van der Waals surface area contributed by atoms with Crippen molar-refractivity contribution in [1.82, 2.24) is 4.90 Å². The molecule has 19 heavy (non-hydrogen) atoms. The van der Waals surface area contributed by atoms with Gasteiger partial charge in [-0.3, -0.25) is 4.79 Å². The number of likely N-dealkylation sites (N-methyl/N-ethyl adjacent to an activating group) is 2. The molecule has 0 saturated carbocycles. The van der Waals surface area contributed by atoms with Crippen molar-refractivity contribution in [2.24, 2.45) is 5.73 Å². The van der Waals surface area contributed by atoms with Gasteiger partial charge in [0.05, 0.1) is 6.54 Å². The summed E-state index contributed by atoms with van der Waals surface area (Å²) in [5, 5.41) is 0. The maximum absolute atomic E-state index is 13.4. The highest BCUT2D eigenvalue weighted by Crippen LogP contribution is 2.17. The van der Waals surface area contributed by atoms with E-state index in [-0.39, 0.29) is 24.8 Å². The highest BCUT2D eigenvalue weighted by atomic mass is 19.1. The van der Waals surface area contributed by atoms with E-state index in [1.165, 1.54) is 12.1 Å². The average Bonchev–Trinajstić information content (AvgIpc) is 2.39. The van der Waals surface area contributed by atoms with Crippen molar-refractivity contribution < 1.29 is 9.18 Å². The van der Waals surface area contributed by atoms with Gasteiger partial charge in [-0.2, -0.15) is 0 Å². The Morgan fingerprint density at radius 2 is 1.89 bits per heavy atom. The molecule has 1 rings (SSSR count). The van der Waals surface area contributed by atoms with Crippen LogP contribution in [0.4, 0.5) is 10.1 Å². The lowest BCUT2D eigenvalue weighted by Crippen LogP contribution is -2.38. The van der Waals surface area contributed by atoms with Crippen LogP contribution in [0.3, 0.4) is 0 Å². The summed E-state index contributed by atoms with van der Waals surface area (Å²) in [6.45, 7) is 5.75. The molecule has 106 valence electrons. The molecule has 1 amide bonds. The monoisotopic (exact) mass is 267 g/mol. The first-order valence-electron chi connectivity index (χ1n) is 6.50. The molecule has 1 aromatic rings. The number of hydrogen-bond donors (Lipinski definition) is 1. The fourth-order valence-electron chi connectivity index (χ4n) is 1.94. The molecule has 2 N–H and O–H groups in total. The molecular formula is C14H22FN3O. The maximum atomic E-state index is 13.4. The van der Waals surface area contributed by atoms with Crippen molar-refractivity contribution in [3.63, 3.8) is 0 Å². The SMILES string of the molecule is CCN(CC)C(=O)CN(C)c1cc(F)cc(CN)c1. The third-order valence-corrected chi connectivity index (χ3v) is 3.11. The molecule has 0 heterocycles. The number of rotatable bonds is 6. The molecule has 0 spiro atoms. The lowest BCUT2D eigenvalue weighted by molar-refractivity contribution is -0.129. The Kier molecular flexibility index (Phi) is 5.76. The van der Waals surface area contributed by atoms with Gasteiger partial charge in [-0.1, -0.05) is 0 Å². The summed E-state index contributed by atoms with van der Waals surface area (Å²) >= 11 is 0. The zero-order valence-corrected chi connectivity index (χ0v) is 11.8. The highest BCUT2D eigenvalue weighted by molar-refractivity contribution is 5.81. The lowest BCUT2D eigenvalue weighted by Gasteiger charge is -2.24. The van der Waals surface area contributed by atoms with E-state index < -0.39 is 0 Å². The zero-order valence-electron chi connectivity index (χ0n) is 11.8. The second kappa shape index (κ2) is 7.09. The predicted molar refractivity (Wildman–Crippen MR) is 75.5 cm³/mol. The minimum Gasteiger partial charge on any atom is -0.365 e. The van der Waals surface area contributed by atoms with E-state index in [1.807, 2.05) is 13.8 Å². The van der Waals surface area contributed by atoms with Gasteiger partial charge in [-0.05, 0) is 37.6 Å². The number of benzene rings is 1. The van der Waals surface area contributed by atoms with Crippen LogP contribution in [-0.2, 0) is 11.3 Å². The van der Waals surface area contributed by atoms with Gasteiger partial charge in [0.2, 0.25) is 5.91 Å². The van der Waals surface area contributed by atoms with Gasteiger partial charge in [0.1, 0.15) is 5.82 Å². The summed E-state index contributed by atoms with van der Waals surface area (Å²) in [6.07, 6.45) is 0. The van der Waals surface area contributed by atoms with Crippen LogP contribution in [0.15, 0.2) is 18.2 Å². The molecule has 0 aliphatic heterocycles. The Bertz CT molecular complexity index is 433.